The second kappa shape index (κ2) is 9.24. The number of aliphatic hydroxyl groups is 1. The van der Waals surface area contributed by atoms with Gasteiger partial charge in [0.05, 0.1) is 6.61 Å². The Morgan fingerprint density at radius 1 is 1.28 bits per heavy atom. The van der Waals surface area contributed by atoms with Crippen LogP contribution in [0.2, 0.25) is 0 Å². The van der Waals surface area contributed by atoms with Crippen LogP contribution in [-0.4, -0.2) is 45.8 Å². The number of nitrogens with zero attached hydrogens (tertiary/aromatic N) is 3. The quantitative estimate of drug-likeness (QED) is 0.682. The molecule has 18 heavy (non-hydrogen) atoms. The first kappa shape index (κ1) is 15.3. The fourth-order valence-electron chi connectivity index (χ4n) is 1.69. The van der Waals surface area contributed by atoms with Gasteiger partial charge in [-0.05, 0) is 19.4 Å². The third kappa shape index (κ3) is 5.29. The van der Waals surface area contributed by atoms with Gasteiger partial charge in [0.2, 0.25) is 0 Å². The van der Waals surface area contributed by atoms with Crippen LogP contribution in [0.25, 0.3) is 0 Å². The molecule has 0 saturated carbocycles. The Bertz CT molecular complexity index is 319. The van der Waals surface area contributed by atoms with Crippen LogP contribution in [0.15, 0.2) is 0 Å². The van der Waals surface area contributed by atoms with E-state index < -0.39 is 0 Å². The Kier molecular flexibility index (Phi) is 7.88. The fraction of sp³-hybridized carbons (Fsp3) is 0.833. The molecule has 1 aromatic rings. The molecule has 0 aliphatic heterocycles. The Morgan fingerprint density at radius 3 is 2.78 bits per heavy atom. The molecule has 0 radical (unpaired) electrons. The summed E-state index contributed by atoms with van der Waals surface area (Å²) in [4.78, 5) is 2.23. The lowest BCUT2D eigenvalue weighted by atomic mass is 10.3. The fourth-order valence-corrected chi connectivity index (χ4v) is 2.29. The van der Waals surface area contributed by atoms with Gasteiger partial charge in [-0.2, -0.15) is 0 Å². The lowest BCUT2D eigenvalue weighted by molar-refractivity contribution is 0.187. The SMILES string of the molecule is CCCCN(CCO)Cc1nnsc1NCCC. The maximum atomic E-state index is 9.08. The average Bonchev–Trinajstić information content (AvgIpc) is 2.81. The van der Waals surface area contributed by atoms with E-state index in [1.165, 1.54) is 11.5 Å². The normalized spacial score (nSPS) is 11.1. The molecule has 0 aliphatic carbocycles. The van der Waals surface area contributed by atoms with Crippen LogP contribution in [0, 0.1) is 0 Å². The first-order valence-electron chi connectivity index (χ1n) is 6.70. The van der Waals surface area contributed by atoms with Crippen molar-refractivity contribution in [3.63, 3.8) is 0 Å². The molecule has 0 unspecified atom stereocenters. The Morgan fingerprint density at radius 2 is 2.11 bits per heavy atom. The van der Waals surface area contributed by atoms with Gasteiger partial charge in [0.25, 0.3) is 0 Å². The van der Waals surface area contributed by atoms with Gasteiger partial charge >= 0.3 is 0 Å². The van der Waals surface area contributed by atoms with Crippen molar-refractivity contribution in [2.45, 2.75) is 39.7 Å². The molecule has 0 fully saturated rings. The molecule has 0 spiro atoms. The van der Waals surface area contributed by atoms with E-state index in [0.717, 1.165) is 49.6 Å². The second-order valence-corrected chi connectivity index (χ2v) is 5.08. The largest absolute Gasteiger partial charge is 0.395 e. The number of unbranched alkanes of at least 4 members (excludes halogenated alkanes) is 1. The minimum absolute atomic E-state index is 0.193. The van der Waals surface area contributed by atoms with Gasteiger partial charge in [-0.25, -0.2) is 0 Å². The lowest BCUT2D eigenvalue weighted by Gasteiger charge is -2.20. The molecule has 1 heterocycles. The van der Waals surface area contributed by atoms with Crippen molar-refractivity contribution in [1.82, 2.24) is 14.5 Å². The highest BCUT2D eigenvalue weighted by Crippen LogP contribution is 2.19. The summed E-state index contributed by atoms with van der Waals surface area (Å²) in [5.74, 6) is 0. The van der Waals surface area contributed by atoms with Crippen LogP contribution in [0.5, 0.6) is 0 Å². The van der Waals surface area contributed by atoms with Crippen molar-refractivity contribution in [2.75, 3.05) is 31.6 Å². The van der Waals surface area contributed by atoms with E-state index in [2.05, 4.69) is 33.7 Å². The van der Waals surface area contributed by atoms with Crippen molar-refractivity contribution in [1.29, 1.82) is 0 Å². The highest BCUT2D eigenvalue weighted by Gasteiger charge is 2.12. The summed E-state index contributed by atoms with van der Waals surface area (Å²) in [6.07, 6.45) is 3.40. The highest BCUT2D eigenvalue weighted by atomic mass is 32.1. The van der Waals surface area contributed by atoms with Crippen LogP contribution in [0.3, 0.4) is 0 Å². The molecule has 0 aliphatic rings. The number of hydrogen-bond acceptors (Lipinski definition) is 6. The molecular formula is C12H24N4OS. The molecule has 6 heteroatoms. The van der Waals surface area contributed by atoms with E-state index >= 15 is 0 Å². The van der Waals surface area contributed by atoms with Gasteiger partial charge in [0.1, 0.15) is 10.7 Å². The molecule has 2 N–H and O–H groups in total. The van der Waals surface area contributed by atoms with E-state index in [4.69, 9.17) is 5.11 Å². The Labute approximate surface area is 113 Å². The van der Waals surface area contributed by atoms with E-state index in [0.29, 0.717) is 6.54 Å². The zero-order chi connectivity index (χ0) is 13.2. The third-order valence-electron chi connectivity index (χ3n) is 2.71. The zero-order valence-electron chi connectivity index (χ0n) is 11.4. The van der Waals surface area contributed by atoms with E-state index in [9.17, 15) is 0 Å². The molecule has 0 amide bonds. The van der Waals surface area contributed by atoms with Crippen molar-refractivity contribution in [3.8, 4) is 0 Å². The average molecular weight is 272 g/mol. The topological polar surface area (TPSA) is 61.3 Å². The van der Waals surface area contributed by atoms with Crippen LogP contribution >= 0.6 is 11.5 Å². The van der Waals surface area contributed by atoms with Crippen LogP contribution < -0.4 is 5.32 Å². The summed E-state index contributed by atoms with van der Waals surface area (Å²) in [7, 11) is 0. The maximum absolute atomic E-state index is 9.08. The summed E-state index contributed by atoms with van der Waals surface area (Å²) in [6, 6.07) is 0. The number of aromatic nitrogens is 2. The molecule has 0 atom stereocenters. The minimum Gasteiger partial charge on any atom is -0.395 e. The number of anilines is 1. The number of hydrogen-bond donors (Lipinski definition) is 2. The molecule has 5 nitrogen and oxygen atoms in total. The second-order valence-electron chi connectivity index (χ2n) is 4.33. The van der Waals surface area contributed by atoms with Crippen molar-refractivity contribution < 1.29 is 5.11 Å². The van der Waals surface area contributed by atoms with E-state index in [-0.39, 0.29) is 6.61 Å². The van der Waals surface area contributed by atoms with E-state index in [1.807, 2.05) is 0 Å². The predicted octanol–water partition coefficient (Wildman–Crippen LogP) is 1.95. The van der Waals surface area contributed by atoms with Crippen LogP contribution in [0.4, 0.5) is 5.00 Å². The van der Waals surface area contributed by atoms with Gasteiger partial charge < -0.3 is 10.4 Å². The minimum atomic E-state index is 0.193. The monoisotopic (exact) mass is 272 g/mol. The smallest absolute Gasteiger partial charge is 0.134 e. The maximum Gasteiger partial charge on any atom is 0.134 e. The summed E-state index contributed by atoms with van der Waals surface area (Å²) >= 11 is 1.41. The molecule has 0 aromatic carbocycles. The predicted molar refractivity (Wildman–Crippen MR) is 76.0 cm³/mol. The number of aliphatic hydroxyl groups excluding tert-OH is 1. The molecule has 0 bridgehead atoms. The molecule has 104 valence electrons. The van der Waals surface area contributed by atoms with Crippen molar-refractivity contribution in [2.24, 2.45) is 0 Å². The van der Waals surface area contributed by atoms with Gasteiger partial charge in [0.15, 0.2) is 0 Å². The molecule has 1 aromatic heterocycles. The van der Waals surface area contributed by atoms with Crippen molar-refractivity contribution in [3.05, 3.63) is 5.69 Å². The molecule has 0 saturated heterocycles. The first-order valence-corrected chi connectivity index (χ1v) is 7.47. The summed E-state index contributed by atoms with van der Waals surface area (Å²) in [6.45, 7) is 7.93. The van der Waals surface area contributed by atoms with Gasteiger partial charge in [-0.3, -0.25) is 4.90 Å². The zero-order valence-corrected chi connectivity index (χ0v) is 12.2. The number of nitrogens with one attached hydrogen (secondary N) is 1. The Hall–Kier alpha value is -0.720. The first-order chi connectivity index (χ1) is 8.81. The van der Waals surface area contributed by atoms with E-state index in [1.54, 1.807) is 0 Å². The van der Waals surface area contributed by atoms with Crippen LogP contribution in [0.1, 0.15) is 38.8 Å². The van der Waals surface area contributed by atoms with Gasteiger partial charge in [-0.15, -0.1) is 5.10 Å². The summed E-state index contributed by atoms with van der Waals surface area (Å²) in [5.41, 5.74) is 0.998. The number of rotatable bonds is 10. The standard InChI is InChI=1S/C12H24N4OS/c1-3-5-7-16(8-9-17)10-11-12(13-6-4-2)18-15-14-11/h13,17H,3-10H2,1-2H3. The lowest BCUT2D eigenvalue weighted by Crippen LogP contribution is -2.28. The van der Waals surface area contributed by atoms with Crippen molar-refractivity contribution >= 4 is 16.5 Å². The molecule has 1 rings (SSSR count). The Balaban J connectivity index is 2.53. The molecular weight excluding hydrogens is 248 g/mol. The summed E-state index contributed by atoms with van der Waals surface area (Å²) in [5, 5.41) is 17.7. The van der Waals surface area contributed by atoms with Gasteiger partial charge in [-0.1, -0.05) is 24.8 Å². The highest BCUT2D eigenvalue weighted by molar-refractivity contribution is 7.10. The van der Waals surface area contributed by atoms with Gasteiger partial charge in [0, 0.05) is 31.2 Å². The van der Waals surface area contributed by atoms with Crippen LogP contribution in [-0.2, 0) is 6.54 Å². The third-order valence-corrected chi connectivity index (χ3v) is 3.43. The summed E-state index contributed by atoms with van der Waals surface area (Å²) < 4.78 is 4.01.